The molecule has 0 unspecified atom stereocenters. The van der Waals surface area contributed by atoms with Gasteiger partial charge in [-0.05, 0) is 19.9 Å². The average Bonchev–Trinajstić information content (AvgIpc) is 2.69. The molecule has 6 heteroatoms. The lowest BCUT2D eigenvalue weighted by Crippen LogP contribution is -2.16. The van der Waals surface area contributed by atoms with E-state index in [0.717, 1.165) is 23.0 Å². The summed E-state index contributed by atoms with van der Waals surface area (Å²) in [7, 11) is 0. The van der Waals surface area contributed by atoms with Gasteiger partial charge in [-0.15, -0.1) is 0 Å². The molecule has 1 aliphatic heterocycles. The van der Waals surface area contributed by atoms with Crippen LogP contribution in [0.3, 0.4) is 0 Å². The number of aryl methyl sites for hydroxylation is 2. The van der Waals surface area contributed by atoms with E-state index >= 15 is 0 Å². The molecule has 6 nitrogen and oxygen atoms in total. The number of nitrogens with two attached hydrogens (primary N) is 1. The number of hydrogen-bond acceptors (Lipinski definition) is 5. The number of nitrogen functional groups attached to an aromatic ring is 1. The van der Waals surface area contributed by atoms with E-state index in [4.69, 9.17) is 15.2 Å². The fourth-order valence-corrected chi connectivity index (χ4v) is 2.16. The number of nitrogens with zero attached hydrogens (tertiary/aromatic N) is 3. The smallest absolute Gasteiger partial charge is 0.163 e. The predicted octanol–water partition coefficient (Wildman–Crippen LogP) is 1.30. The van der Waals surface area contributed by atoms with Crippen LogP contribution in [0.15, 0.2) is 12.1 Å². The second-order valence-corrected chi connectivity index (χ2v) is 4.56. The summed E-state index contributed by atoms with van der Waals surface area (Å²) in [6.45, 7) is 5.50. The molecule has 19 heavy (non-hydrogen) atoms. The zero-order valence-corrected chi connectivity index (χ0v) is 11.0. The minimum Gasteiger partial charge on any atom is -0.486 e. The Morgan fingerprint density at radius 1 is 1.21 bits per heavy atom. The summed E-state index contributed by atoms with van der Waals surface area (Å²) in [6, 6.07) is 3.73. The Kier molecular flexibility index (Phi) is 2.77. The summed E-state index contributed by atoms with van der Waals surface area (Å²) < 4.78 is 12.9. The molecular formula is C13H16N4O2. The van der Waals surface area contributed by atoms with Crippen molar-refractivity contribution in [1.82, 2.24) is 14.8 Å². The second-order valence-electron chi connectivity index (χ2n) is 4.56. The van der Waals surface area contributed by atoms with Crippen LogP contribution in [0.5, 0.6) is 11.5 Å². The topological polar surface area (TPSA) is 75.2 Å². The van der Waals surface area contributed by atoms with Crippen molar-refractivity contribution in [2.75, 3.05) is 18.9 Å². The summed E-state index contributed by atoms with van der Waals surface area (Å²) in [5, 5.41) is 4.34. The Labute approximate surface area is 111 Å². The van der Waals surface area contributed by atoms with Gasteiger partial charge < -0.3 is 15.2 Å². The van der Waals surface area contributed by atoms with Crippen LogP contribution in [0, 0.1) is 13.8 Å². The zero-order chi connectivity index (χ0) is 13.4. The van der Waals surface area contributed by atoms with E-state index in [1.54, 1.807) is 0 Å². The van der Waals surface area contributed by atoms with Crippen LogP contribution in [0.4, 0.5) is 5.69 Å². The SMILES string of the molecule is Cc1nc(C)n(Cc2cc3c(cc2N)OCCO3)n1. The molecule has 100 valence electrons. The Hall–Kier alpha value is -2.24. The highest BCUT2D eigenvalue weighted by molar-refractivity contribution is 5.58. The number of benzene rings is 1. The minimum atomic E-state index is 0.563. The van der Waals surface area contributed by atoms with E-state index in [-0.39, 0.29) is 0 Å². The number of aromatic nitrogens is 3. The molecule has 0 radical (unpaired) electrons. The molecule has 1 aliphatic rings. The lowest BCUT2D eigenvalue weighted by atomic mass is 10.1. The fraction of sp³-hybridized carbons (Fsp3) is 0.385. The highest BCUT2D eigenvalue weighted by atomic mass is 16.6. The molecule has 1 aromatic carbocycles. The molecular weight excluding hydrogens is 244 g/mol. The van der Waals surface area contributed by atoms with Gasteiger partial charge in [0.15, 0.2) is 11.5 Å². The monoisotopic (exact) mass is 260 g/mol. The van der Waals surface area contributed by atoms with Gasteiger partial charge in [-0.2, -0.15) is 5.10 Å². The largest absolute Gasteiger partial charge is 0.486 e. The zero-order valence-electron chi connectivity index (χ0n) is 11.0. The Morgan fingerprint density at radius 3 is 2.53 bits per heavy atom. The van der Waals surface area contributed by atoms with Crippen LogP contribution in [-0.2, 0) is 6.54 Å². The second kappa shape index (κ2) is 4.46. The van der Waals surface area contributed by atoms with Crippen LogP contribution < -0.4 is 15.2 Å². The summed E-state index contributed by atoms with van der Waals surface area (Å²) >= 11 is 0. The molecule has 0 fully saturated rings. The van der Waals surface area contributed by atoms with E-state index in [1.807, 2.05) is 30.7 Å². The van der Waals surface area contributed by atoms with Gasteiger partial charge in [-0.25, -0.2) is 9.67 Å². The summed E-state index contributed by atoms with van der Waals surface area (Å²) in [5.74, 6) is 3.07. The number of anilines is 1. The van der Waals surface area contributed by atoms with Gasteiger partial charge >= 0.3 is 0 Å². The molecule has 0 bridgehead atoms. The van der Waals surface area contributed by atoms with Gasteiger partial charge in [0.25, 0.3) is 0 Å². The number of fused-ring (bicyclic) bond motifs is 1. The van der Waals surface area contributed by atoms with Crippen molar-refractivity contribution in [2.45, 2.75) is 20.4 Å². The molecule has 2 heterocycles. The average molecular weight is 260 g/mol. The van der Waals surface area contributed by atoms with Crippen LogP contribution in [0.1, 0.15) is 17.2 Å². The van der Waals surface area contributed by atoms with E-state index in [1.165, 1.54) is 0 Å². The summed E-state index contributed by atoms with van der Waals surface area (Å²) in [6.07, 6.45) is 0. The lowest BCUT2D eigenvalue weighted by molar-refractivity contribution is 0.171. The van der Waals surface area contributed by atoms with Crippen molar-refractivity contribution in [1.29, 1.82) is 0 Å². The Morgan fingerprint density at radius 2 is 1.89 bits per heavy atom. The number of ether oxygens (including phenoxy) is 2. The molecule has 0 saturated heterocycles. The van der Waals surface area contributed by atoms with Crippen LogP contribution in [-0.4, -0.2) is 28.0 Å². The van der Waals surface area contributed by atoms with Gasteiger partial charge in [0.2, 0.25) is 0 Å². The van der Waals surface area contributed by atoms with Gasteiger partial charge in [0, 0.05) is 17.3 Å². The van der Waals surface area contributed by atoms with Gasteiger partial charge in [0.1, 0.15) is 24.9 Å². The van der Waals surface area contributed by atoms with Gasteiger partial charge in [-0.3, -0.25) is 0 Å². The molecule has 0 saturated carbocycles. The third kappa shape index (κ3) is 2.21. The standard InChI is InChI=1S/C13H16N4O2/c1-8-15-9(2)17(16-8)7-10-5-12-13(6-11(10)14)19-4-3-18-12/h5-6H,3-4,7,14H2,1-2H3. The van der Waals surface area contributed by atoms with Gasteiger partial charge in [0.05, 0.1) is 6.54 Å². The fourth-order valence-electron chi connectivity index (χ4n) is 2.16. The molecule has 1 aromatic heterocycles. The molecule has 3 rings (SSSR count). The Bertz CT molecular complexity index is 621. The van der Waals surface area contributed by atoms with Crippen molar-refractivity contribution in [2.24, 2.45) is 0 Å². The molecule has 2 N–H and O–H groups in total. The first-order valence-corrected chi connectivity index (χ1v) is 6.19. The number of rotatable bonds is 2. The number of hydrogen-bond donors (Lipinski definition) is 1. The van der Waals surface area contributed by atoms with Crippen molar-refractivity contribution in [3.05, 3.63) is 29.3 Å². The van der Waals surface area contributed by atoms with Gasteiger partial charge in [-0.1, -0.05) is 0 Å². The van der Waals surface area contributed by atoms with E-state index < -0.39 is 0 Å². The highest BCUT2D eigenvalue weighted by Crippen LogP contribution is 2.34. The first-order valence-electron chi connectivity index (χ1n) is 6.19. The molecule has 0 atom stereocenters. The van der Waals surface area contributed by atoms with Crippen LogP contribution in [0.25, 0.3) is 0 Å². The van der Waals surface area contributed by atoms with Crippen molar-refractivity contribution in [3.8, 4) is 11.5 Å². The van der Waals surface area contributed by atoms with E-state index in [9.17, 15) is 0 Å². The minimum absolute atomic E-state index is 0.563. The van der Waals surface area contributed by atoms with Crippen LogP contribution >= 0.6 is 0 Å². The molecule has 0 amide bonds. The van der Waals surface area contributed by atoms with Crippen molar-refractivity contribution in [3.63, 3.8) is 0 Å². The van der Waals surface area contributed by atoms with E-state index in [0.29, 0.717) is 31.2 Å². The van der Waals surface area contributed by atoms with Crippen molar-refractivity contribution >= 4 is 5.69 Å². The normalized spacial score (nSPS) is 13.6. The molecule has 0 spiro atoms. The van der Waals surface area contributed by atoms with E-state index in [2.05, 4.69) is 10.1 Å². The quantitative estimate of drug-likeness (QED) is 0.824. The first kappa shape index (κ1) is 11.8. The maximum atomic E-state index is 6.05. The summed E-state index contributed by atoms with van der Waals surface area (Å²) in [4.78, 5) is 4.28. The maximum absolute atomic E-state index is 6.05. The third-order valence-corrected chi connectivity index (χ3v) is 3.09. The highest BCUT2D eigenvalue weighted by Gasteiger charge is 2.15. The van der Waals surface area contributed by atoms with Crippen molar-refractivity contribution < 1.29 is 9.47 Å². The molecule has 2 aromatic rings. The summed E-state index contributed by atoms with van der Waals surface area (Å²) in [5.41, 5.74) is 7.69. The molecule has 0 aliphatic carbocycles. The lowest BCUT2D eigenvalue weighted by Gasteiger charge is -2.20. The maximum Gasteiger partial charge on any atom is 0.163 e. The first-order chi connectivity index (χ1) is 9.13. The van der Waals surface area contributed by atoms with Crippen LogP contribution in [0.2, 0.25) is 0 Å². The predicted molar refractivity (Wildman–Crippen MR) is 70.4 cm³/mol. The Balaban J connectivity index is 1.94. The third-order valence-electron chi connectivity index (χ3n) is 3.09.